The second kappa shape index (κ2) is 6.02. The zero-order chi connectivity index (χ0) is 13.8. The van der Waals surface area contributed by atoms with Gasteiger partial charge in [-0.15, -0.1) is 0 Å². The molecule has 1 aromatic carbocycles. The maximum absolute atomic E-state index is 11.6. The lowest BCUT2D eigenvalue weighted by atomic mass is 10.0. The molecule has 0 amide bonds. The molecule has 1 fully saturated rings. The van der Waals surface area contributed by atoms with Crippen molar-refractivity contribution in [1.29, 1.82) is 0 Å². The molecule has 1 aliphatic carbocycles. The van der Waals surface area contributed by atoms with Crippen molar-refractivity contribution in [3.05, 3.63) is 41.5 Å². The second-order valence-corrected chi connectivity index (χ2v) is 4.90. The highest BCUT2D eigenvalue weighted by Crippen LogP contribution is 2.48. The number of aliphatic hydroxyl groups is 1. The van der Waals surface area contributed by atoms with E-state index in [1.807, 2.05) is 26.0 Å². The van der Waals surface area contributed by atoms with Crippen LogP contribution in [0.1, 0.15) is 37.3 Å². The van der Waals surface area contributed by atoms with Crippen molar-refractivity contribution in [2.45, 2.75) is 26.2 Å². The minimum Gasteiger partial charge on any atom is -0.466 e. The van der Waals surface area contributed by atoms with E-state index in [4.69, 9.17) is 9.84 Å². The Morgan fingerprint density at radius 2 is 2.32 bits per heavy atom. The number of hydrogen-bond acceptors (Lipinski definition) is 3. The molecule has 19 heavy (non-hydrogen) atoms. The number of benzene rings is 1. The Morgan fingerprint density at radius 1 is 1.53 bits per heavy atom. The fraction of sp³-hybridized carbons (Fsp3) is 0.438. The highest BCUT2D eigenvalue weighted by Gasteiger charge is 2.45. The van der Waals surface area contributed by atoms with Crippen LogP contribution in [0.15, 0.2) is 30.3 Å². The first kappa shape index (κ1) is 13.8. The molecule has 3 heteroatoms. The van der Waals surface area contributed by atoms with Crippen molar-refractivity contribution < 1.29 is 14.6 Å². The van der Waals surface area contributed by atoms with E-state index in [-0.39, 0.29) is 18.5 Å². The molecule has 0 bridgehead atoms. The Kier molecular flexibility index (Phi) is 4.38. The smallest absolute Gasteiger partial charge is 0.309 e. The van der Waals surface area contributed by atoms with Gasteiger partial charge in [0.05, 0.1) is 19.1 Å². The normalized spacial score (nSPS) is 22.2. The molecule has 3 nitrogen and oxygen atoms in total. The molecule has 0 aromatic heterocycles. The van der Waals surface area contributed by atoms with E-state index in [2.05, 4.69) is 12.1 Å². The van der Waals surface area contributed by atoms with Crippen molar-refractivity contribution in [1.82, 2.24) is 0 Å². The van der Waals surface area contributed by atoms with Gasteiger partial charge in [0.1, 0.15) is 0 Å². The zero-order valence-corrected chi connectivity index (χ0v) is 11.4. The third-order valence-electron chi connectivity index (χ3n) is 3.55. The average Bonchev–Trinajstić information content (AvgIpc) is 3.20. The summed E-state index contributed by atoms with van der Waals surface area (Å²) in [6.45, 7) is 4.30. The summed E-state index contributed by atoms with van der Waals surface area (Å²) in [6, 6.07) is 8.18. The highest BCUT2D eigenvalue weighted by molar-refractivity contribution is 5.77. The molecule has 0 radical (unpaired) electrons. The van der Waals surface area contributed by atoms with Gasteiger partial charge in [-0.05, 0) is 42.9 Å². The summed E-state index contributed by atoms with van der Waals surface area (Å²) < 4.78 is 5.05. The third kappa shape index (κ3) is 3.24. The summed E-state index contributed by atoms with van der Waals surface area (Å²) in [5.41, 5.74) is 3.33. The Labute approximate surface area is 113 Å². The molecule has 1 aromatic rings. The first-order chi connectivity index (χ1) is 9.17. The van der Waals surface area contributed by atoms with Crippen LogP contribution in [0.4, 0.5) is 0 Å². The minimum absolute atomic E-state index is 0.0253. The molecular weight excluding hydrogens is 240 g/mol. The van der Waals surface area contributed by atoms with E-state index < -0.39 is 0 Å². The van der Waals surface area contributed by atoms with Gasteiger partial charge < -0.3 is 9.84 Å². The number of hydrogen-bond donors (Lipinski definition) is 1. The lowest BCUT2D eigenvalue weighted by molar-refractivity contribution is -0.144. The summed E-state index contributed by atoms with van der Waals surface area (Å²) in [7, 11) is 0. The van der Waals surface area contributed by atoms with E-state index in [1.165, 1.54) is 5.56 Å². The maximum atomic E-state index is 11.6. The van der Waals surface area contributed by atoms with Crippen LogP contribution in [0.3, 0.4) is 0 Å². The van der Waals surface area contributed by atoms with Crippen LogP contribution in [-0.2, 0) is 9.53 Å². The molecule has 0 heterocycles. The minimum atomic E-state index is -0.0828. The standard InChI is InChI=1S/C16H20O3/c1-3-19-16(18)15-10-14(15)13-6-4-5-12(9-13)11(2)7-8-17/h4-7,9,14-15,17H,3,8,10H2,1-2H3/b11-7+/t14-,15+/m0/s1. The monoisotopic (exact) mass is 260 g/mol. The van der Waals surface area contributed by atoms with Gasteiger partial charge in [0.2, 0.25) is 0 Å². The van der Waals surface area contributed by atoms with E-state index in [1.54, 1.807) is 6.08 Å². The van der Waals surface area contributed by atoms with Crippen LogP contribution >= 0.6 is 0 Å². The van der Waals surface area contributed by atoms with Gasteiger partial charge in [-0.1, -0.05) is 30.3 Å². The quantitative estimate of drug-likeness (QED) is 0.828. The second-order valence-electron chi connectivity index (χ2n) is 4.90. The van der Waals surface area contributed by atoms with Crippen molar-refractivity contribution >= 4 is 11.5 Å². The lowest BCUT2D eigenvalue weighted by Crippen LogP contribution is -2.07. The predicted octanol–water partition coefficient (Wildman–Crippen LogP) is 2.75. The Hall–Kier alpha value is -1.61. The third-order valence-corrected chi connectivity index (χ3v) is 3.55. The van der Waals surface area contributed by atoms with E-state index in [0.717, 1.165) is 17.6 Å². The maximum Gasteiger partial charge on any atom is 0.309 e. The summed E-state index contributed by atoms with van der Waals surface area (Å²) in [5, 5.41) is 8.93. The van der Waals surface area contributed by atoms with Crippen molar-refractivity contribution in [2.24, 2.45) is 5.92 Å². The number of carbonyl (C=O) groups excluding carboxylic acids is 1. The number of esters is 1. The van der Waals surface area contributed by atoms with Crippen LogP contribution in [0, 0.1) is 5.92 Å². The molecule has 1 saturated carbocycles. The van der Waals surface area contributed by atoms with Crippen molar-refractivity contribution in [2.75, 3.05) is 13.2 Å². The molecule has 0 unspecified atom stereocenters. The molecule has 2 atom stereocenters. The van der Waals surface area contributed by atoms with Crippen molar-refractivity contribution in [3.8, 4) is 0 Å². The SMILES string of the molecule is CCOC(=O)[C@@H]1C[C@H]1c1cccc(/C(C)=C/CO)c1. The van der Waals surface area contributed by atoms with Gasteiger partial charge in [-0.3, -0.25) is 4.79 Å². The highest BCUT2D eigenvalue weighted by atomic mass is 16.5. The molecule has 1 N–H and O–H groups in total. The zero-order valence-electron chi connectivity index (χ0n) is 11.4. The lowest BCUT2D eigenvalue weighted by Gasteiger charge is -2.06. The number of rotatable bonds is 5. The molecular formula is C16H20O3. The van der Waals surface area contributed by atoms with E-state index >= 15 is 0 Å². The number of ether oxygens (including phenoxy) is 1. The fourth-order valence-corrected chi connectivity index (χ4v) is 2.34. The van der Waals surface area contributed by atoms with Crippen LogP contribution in [0.2, 0.25) is 0 Å². The number of allylic oxidation sites excluding steroid dienone is 1. The Bertz CT molecular complexity index is 491. The first-order valence-corrected chi connectivity index (χ1v) is 6.72. The van der Waals surface area contributed by atoms with Crippen LogP contribution in [0.5, 0.6) is 0 Å². The fourth-order valence-electron chi connectivity index (χ4n) is 2.34. The van der Waals surface area contributed by atoms with E-state index in [0.29, 0.717) is 12.5 Å². The van der Waals surface area contributed by atoms with Gasteiger partial charge in [-0.25, -0.2) is 0 Å². The summed E-state index contributed by atoms with van der Waals surface area (Å²) >= 11 is 0. The van der Waals surface area contributed by atoms with Crippen LogP contribution in [-0.4, -0.2) is 24.3 Å². The molecule has 0 saturated heterocycles. The number of aliphatic hydroxyl groups excluding tert-OH is 1. The van der Waals surface area contributed by atoms with Crippen molar-refractivity contribution in [3.63, 3.8) is 0 Å². The van der Waals surface area contributed by atoms with Crippen LogP contribution < -0.4 is 0 Å². The average molecular weight is 260 g/mol. The molecule has 0 spiro atoms. The number of carbonyl (C=O) groups is 1. The molecule has 102 valence electrons. The summed E-state index contributed by atoms with van der Waals surface area (Å²) in [4.78, 5) is 11.6. The van der Waals surface area contributed by atoms with Gasteiger partial charge in [0, 0.05) is 0 Å². The van der Waals surface area contributed by atoms with Gasteiger partial charge in [0.15, 0.2) is 0 Å². The Balaban J connectivity index is 2.09. The van der Waals surface area contributed by atoms with Gasteiger partial charge in [0.25, 0.3) is 0 Å². The largest absolute Gasteiger partial charge is 0.466 e. The van der Waals surface area contributed by atoms with E-state index in [9.17, 15) is 4.79 Å². The molecule has 2 rings (SSSR count). The van der Waals surface area contributed by atoms with Gasteiger partial charge >= 0.3 is 5.97 Å². The summed E-state index contributed by atoms with van der Waals surface area (Å²) in [5.74, 6) is 0.235. The topological polar surface area (TPSA) is 46.5 Å². The van der Waals surface area contributed by atoms with Gasteiger partial charge in [-0.2, -0.15) is 0 Å². The molecule has 0 aliphatic heterocycles. The molecule has 1 aliphatic rings. The first-order valence-electron chi connectivity index (χ1n) is 6.72. The Morgan fingerprint density at radius 3 is 3.00 bits per heavy atom. The predicted molar refractivity (Wildman–Crippen MR) is 74.7 cm³/mol. The van der Waals surface area contributed by atoms with Crippen LogP contribution in [0.25, 0.3) is 5.57 Å². The summed E-state index contributed by atoms with van der Waals surface area (Å²) in [6.07, 6.45) is 2.67.